The normalized spacial score (nSPS) is 21.8. The Morgan fingerprint density at radius 2 is 1.71 bits per heavy atom. The number of piperidine rings is 1. The Kier molecular flexibility index (Phi) is 4.88. The van der Waals surface area contributed by atoms with Crippen LogP contribution in [0.3, 0.4) is 0 Å². The van der Waals surface area contributed by atoms with E-state index >= 15 is 0 Å². The predicted octanol–water partition coefficient (Wildman–Crippen LogP) is 4.24. The van der Waals surface area contributed by atoms with E-state index in [4.69, 9.17) is 8.92 Å². The zero-order valence-corrected chi connectivity index (χ0v) is 17.5. The molecule has 2 aromatic carbocycles. The highest BCUT2D eigenvalue weighted by Crippen LogP contribution is 2.46. The van der Waals surface area contributed by atoms with Crippen molar-refractivity contribution in [2.45, 2.75) is 56.6 Å². The number of aryl methyl sites for hydroxylation is 1. The standard InChI is InChI=1S/C22H27NO4S/c1-16-7-10-18(11-8-16)28(24,25)27-17-9-12-20-19(15-17)22(2,3)21(26-20)23-13-5-4-6-14-23/h7-12,15,21H,4-6,13-14H2,1-3H3. The lowest BCUT2D eigenvalue weighted by Crippen LogP contribution is -2.49. The summed E-state index contributed by atoms with van der Waals surface area (Å²) in [5.41, 5.74) is 1.73. The van der Waals surface area contributed by atoms with Crippen LogP contribution in [0.25, 0.3) is 0 Å². The molecule has 0 bridgehead atoms. The second kappa shape index (κ2) is 7.08. The highest BCUT2D eigenvalue weighted by Gasteiger charge is 2.45. The maximum atomic E-state index is 12.6. The highest BCUT2D eigenvalue weighted by molar-refractivity contribution is 7.87. The van der Waals surface area contributed by atoms with Crippen molar-refractivity contribution in [2.24, 2.45) is 0 Å². The van der Waals surface area contributed by atoms with Crippen LogP contribution in [0.1, 0.15) is 44.2 Å². The number of hydrogen-bond acceptors (Lipinski definition) is 5. The molecule has 0 saturated carbocycles. The van der Waals surface area contributed by atoms with Crippen LogP contribution < -0.4 is 8.92 Å². The predicted molar refractivity (Wildman–Crippen MR) is 108 cm³/mol. The molecule has 150 valence electrons. The molecule has 1 saturated heterocycles. The molecule has 1 atom stereocenters. The molecule has 0 N–H and O–H groups in total. The fourth-order valence-corrected chi connectivity index (χ4v) is 5.05. The van der Waals surface area contributed by atoms with Gasteiger partial charge in [0.15, 0.2) is 6.23 Å². The van der Waals surface area contributed by atoms with Gasteiger partial charge in [-0.2, -0.15) is 8.42 Å². The van der Waals surface area contributed by atoms with Gasteiger partial charge in [-0.1, -0.05) is 38.0 Å². The third kappa shape index (κ3) is 3.51. The summed E-state index contributed by atoms with van der Waals surface area (Å²) in [4.78, 5) is 2.55. The number of benzene rings is 2. The van der Waals surface area contributed by atoms with E-state index in [9.17, 15) is 8.42 Å². The summed E-state index contributed by atoms with van der Waals surface area (Å²) in [5.74, 6) is 1.12. The van der Waals surface area contributed by atoms with Crippen LogP contribution in [0, 0.1) is 6.92 Å². The number of fused-ring (bicyclic) bond motifs is 1. The van der Waals surface area contributed by atoms with Crippen molar-refractivity contribution >= 4 is 10.1 Å². The van der Waals surface area contributed by atoms with Gasteiger partial charge in [-0.15, -0.1) is 0 Å². The summed E-state index contributed by atoms with van der Waals surface area (Å²) in [7, 11) is -3.87. The second-order valence-electron chi connectivity index (χ2n) is 8.30. The van der Waals surface area contributed by atoms with Gasteiger partial charge in [0.2, 0.25) is 0 Å². The fraction of sp³-hybridized carbons (Fsp3) is 0.455. The first kappa shape index (κ1) is 19.3. The first-order valence-corrected chi connectivity index (χ1v) is 11.2. The Balaban J connectivity index is 1.59. The maximum absolute atomic E-state index is 12.6. The summed E-state index contributed by atoms with van der Waals surface area (Å²) in [6.07, 6.45) is 3.61. The van der Waals surface area contributed by atoms with Crippen LogP contribution in [-0.4, -0.2) is 32.6 Å². The quantitative estimate of drug-likeness (QED) is 0.717. The zero-order chi connectivity index (χ0) is 19.9. The molecule has 4 rings (SSSR count). The Labute approximate surface area is 167 Å². The molecular weight excluding hydrogens is 374 g/mol. The van der Waals surface area contributed by atoms with Gasteiger partial charge in [0.1, 0.15) is 16.4 Å². The highest BCUT2D eigenvalue weighted by atomic mass is 32.2. The van der Waals surface area contributed by atoms with E-state index in [0.717, 1.165) is 30.0 Å². The van der Waals surface area contributed by atoms with Crippen LogP contribution in [-0.2, 0) is 15.5 Å². The first-order valence-electron chi connectivity index (χ1n) is 9.84. The van der Waals surface area contributed by atoms with Crippen molar-refractivity contribution in [1.29, 1.82) is 0 Å². The van der Waals surface area contributed by atoms with Gasteiger partial charge < -0.3 is 8.92 Å². The van der Waals surface area contributed by atoms with E-state index in [-0.39, 0.29) is 16.5 Å². The van der Waals surface area contributed by atoms with Crippen LogP contribution in [0.15, 0.2) is 47.4 Å². The Morgan fingerprint density at radius 1 is 1.04 bits per heavy atom. The van der Waals surface area contributed by atoms with E-state index in [1.54, 1.807) is 30.3 Å². The largest absolute Gasteiger partial charge is 0.474 e. The number of rotatable bonds is 4. The Hall–Kier alpha value is -2.05. The molecule has 6 heteroatoms. The van der Waals surface area contributed by atoms with Crippen molar-refractivity contribution in [3.63, 3.8) is 0 Å². The average molecular weight is 402 g/mol. The van der Waals surface area contributed by atoms with Crippen LogP contribution >= 0.6 is 0 Å². The first-order chi connectivity index (χ1) is 13.3. The van der Waals surface area contributed by atoms with E-state index in [1.807, 2.05) is 19.1 Å². The monoisotopic (exact) mass is 401 g/mol. The topological polar surface area (TPSA) is 55.8 Å². The van der Waals surface area contributed by atoms with Gasteiger partial charge in [0.05, 0.1) is 0 Å². The molecule has 2 heterocycles. The number of ether oxygens (including phenoxy) is 1. The number of nitrogens with zero attached hydrogens (tertiary/aromatic N) is 1. The van der Waals surface area contributed by atoms with Crippen LogP contribution in [0.4, 0.5) is 0 Å². The van der Waals surface area contributed by atoms with Gasteiger partial charge in [0.25, 0.3) is 0 Å². The van der Waals surface area contributed by atoms with Crippen molar-refractivity contribution in [3.8, 4) is 11.5 Å². The molecule has 0 spiro atoms. The molecule has 28 heavy (non-hydrogen) atoms. The van der Waals surface area contributed by atoms with E-state index < -0.39 is 10.1 Å². The molecule has 0 radical (unpaired) electrons. The summed E-state index contributed by atoms with van der Waals surface area (Å²) in [6.45, 7) is 8.28. The minimum absolute atomic E-state index is 0.0354. The second-order valence-corrected chi connectivity index (χ2v) is 9.84. The number of hydrogen-bond donors (Lipinski definition) is 0. The summed E-state index contributed by atoms with van der Waals surface area (Å²) >= 11 is 0. The molecule has 1 unspecified atom stereocenters. The minimum Gasteiger partial charge on any atom is -0.474 e. The van der Waals surface area contributed by atoms with Crippen LogP contribution in [0.2, 0.25) is 0 Å². The van der Waals surface area contributed by atoms with Crippen molar-refractivity contribution in [2.75, 3.05) is 13.1 Å². The fourth-order valence-electron chi connectivity index (χ4n) is 4.13. The smallest absolute Gasteiger partial charge is 0.339 e. The van der Waals surface area contributed by atoms with Gasteiger partial charge >= 0.3 is 10.1 Å². The van der Waals surface area contributed by atoms with Crippen molar-refractivity contribution in [1.82, 2.24) is 4.90 Å². The van der Waals surface area contributed by atoms with Gasteiger partial charge in [-0.25, -0.2) is 0 Å². The third-order valence-electron chi connectivity index (χ3n) is 5.74. The van der Waals surface area contributed by atoms with Crippen molar-refractivity contribution in [3.05, 3.63) is 53.6 Å². The maximum Gasteiger partial charge on any atom is 0.339 e. The van der Waals surface area contributed by atoms with Gasteiger partial charge in [-0.05, 0) is 50.1 Å². The molecule has 5 nitrogen and oxygen atoms in total. The third-order valence-corrected chi connectivity index (χ3v) is 7.00. The van der Waals surface area contributed by atoms with Crippen LogP contribution in [0.5, 0.6) is 11.5 Å². The molecule has 0 aliphatic carbocycles. The van der Waals surface area contributed by atoms with Gasteiger partial charge in [0, 0.05) is 24.1 Å². The molecule has 2 aliphatic rings. The SMILES string of the molecule is Cc1ccc(S(=O)(=O)Oc2ccc3c(c2)C(C)(C)C(N2CCCCC2)O3)cc1. The minimum atomic E-state index is -3.87. The molecule has 2 aliphatic heterocycles. The lowest BCUT2D eigenvalue weighted by Gasteiger charge is -2.38. The molecule has 2 aromatic rings. The van der Waals surface area contributed by atoms with E-state index in [0.29, 0.717) is 5.75 Å². The summed E-state index contributed by atoms with van der Waals surface area (Å²) in [6, 6.07) is 12.0. The zero-order valence-electron chi connectivity index (χ0n) is 16.6. The molecule has 1 fully saturated rings. The molecule has 0 amide bonds. The lowest BCUT2D eigenvalue weighted by atomic mass is 9.83. The van der Waals surface area contributed by atoms with E-state index in [2.05, 4.69) is 18.7 Å². The molecule has 0 aromatic heterocycles. The lowest BCUT2D eigenvalue weighted by molar-refractivity contribution is -0.0131. The van der Waals surface area contributed by atoms with Crippen molar-refractivity contribution < 1.29 is 17.3 Å². The Bertz CT molecular complexity index is 961. The molecular formula is C22H27NO4S. The Morgan fingerprint density at radius 3 is 2.39 bits per heavy atom. The number of likely N-dealkylation sites (tertiary alicyclic amines) is 1. The van der Waals surface area contributed by atoms with E-state index in [1.165, 1.54) is 19.3 Å². The summed E-state index contributed by atoms with van der Waals surface area (Å²) < 4.78 is 36.9. The average Bonchev–Trinajstić information content (AvgIpc) is 2.93. The summed E-state index contributed by atoms with van der Waals surface area (Å²) in [5, 5.41) is 0. The van der Waals surface area contributed by atoms with Gasteiger partial charge in [-0.3, -0.25) is 4.90 Å².